The molecule has 0 fully saturated rings. The predicted octanol–water partition coefficient (Wildman–Crippen LogP) is 3.86. The fourth-order valence-electron chi connectivity index (χ4n) is 3.10. The average Bonchev–Trinajstić information content (AvgIpc) is 3.32. The summed E-state index contributed by atoms with van der Waals surface area (Å²) in [6, 6.07) is 16.7. The maximum Gasteiger partial charge on any atom is 0.275 e. The normalized spacial score (nSPS) is 11.8. The summed E-state index contributed by atoms with van der Waals surface area (Å²) in [6.45, 7) is -0.148. The molecule has 0 bridgehead atoms. The summed E-state index contributed by atoms with van der Waals surface area (Å²) in [7, 11) is 1.47. The molecule has 174 valence electrons. The van der Waals surface area contributed by atoms with Crippen LogP contribution < -0.4 is 29.7 Å². The van der Waals surface area contributed by atoms with Gasteiger partial charge in [0.25, 0.3) is 11.8 Å². The van der Waals surface area contributed by atoms with Crippen LogP contribution in [0.4, 0.5) is 5.69 Å². The third-order valence-electron chi connectivity index (χ3n) is 4.70. The van der Waals surface area contributed by atoms with E-state index in [1.165, 1.54) is 13.3 Å². The molecule has 0 aliphatic carbocycles. The molecule has 3 aromatic carbocycles. The van der Waals surface area contributed by atoms with Crippen molar-refractivity contribution in [3.63, 3.8) is 0 Å². The Kier molecular flexibility index (Phi) is 7.14. The Morgan fingerprint density at radius 1 is 1.06 bits per heavy atom. The van der Waals surface area contributed by atoms with E-state index in [0.29, 0.717) is 28.0 Å². The largest absolute Gasteiger partial charge is 0.495 e. The van der Waals surface area contributed by atoms with Crippen molar-refractivity contribution in [2.75, 3.05) is 25.8 Å². The predicted molar refractivity (Wildman–Crippen MR) is 126 cm³/mol. The van der Waals surface area contributed by atoms with Gasteiger partial charge in [-0.05, 0) is 48.0 Å². The van der Waals surface area contributed by atoms with E-state index in [1.807, 2.05) is 0 Å². The molecule has 0 spiro atoms. The lowest BCUT2D eigenvalue weighted by atomic mass is 10.2. The quantitative estimate of drug-likeness (QED) is 0.373. The highest BCUT2D eigenvalue weighted by Gasteiger charge is 2.15. The number of nitrogens with one attached hydrogen (secondary N) is 2. The van der Waals surface area contributed by atoms with Crippen LogP contribution in [0.5, 0.6) is 23.0 Å². The standard InChI is InChI=1S/C24H20ClN3O6/c1-31-21-11-16(25)7-8-18(21)27-23(29)13-32-19-5-3-2-4-17(19)24(30)28-26-12-15-6-9-20-22(10-15)34-14-33-20/h2-12H,13-14H2,1H3,(H,27,29)(H,28,30)/b26-12+. The first-order valence-corrected chi connectivity index (χ1v) is 10.5. The van der Waals surface area contributed by atoms with E-state index in [0.717, 1.165) is 5.56 Å². The van der Waals surface area contributed by atoms with Gasteiger partial charge < -0.3 is 24.3 Å². The first-order chi connectivity index (χ1) is 16.5. The molecule has 3 aromatic rings. The highest BCUT2D eigenvalue weighted by atomic mass is 35.5. The third kappa shape index (κ3) is 5.57. The second-order valence-electron chi connectivity index (χ2n) is 6.99. The SMILES string of the molecule is COc1cc(Cl)ccc1NC(=O)COc1ccccc1C(=O)N/N=C/c1ccc2c(c1)OCO2. The van der Waals surface area contributed by atoms with E-state index in [-0.39, 0.29) is 24.7 Å². The molecule has 1 heterocycles. The fourth-order valence-corrected chi connectivity index (χ4v) is 3.26. The number of carbonyl (C=O) groups excluding carboxylic acids is 2. The van der Waals surface area contributed by atoms with Crippen LogP contribution in [0.1, 0.15) is 15.9 Å². The van der Waals surface area contributed by atoms with Crippen molar-refractivity contribution in [3.8, 4) is 23.0 Å². The lowest BCUT2D eigenvalue weighted by Crippen LogP contribution is -2.23. The topological polar surface area (TPSA) is 107 Å². The van der Waals surface area contributed by atoms with Crippen molar-refractivity contribution < 1.29 is 28.5 Å². The van der Waals surface area contributed by atoms with E-state index < -0.39 is 11.8 Å². The first-order valence-electron chi connectivity index (χ1n) is 10.1. The van der Waals surface area contributed by atoms with Gasteiger partial charge in [-0.15, -0.1) is 0 Å². The maximum atomic E-state index is 12.6. The third-order valence-corrected chi connectivity index (χ3v) is 4.94. The van der Waals surface area contributed by atoms with Gasteiger partial charge in [0.1, 0.15) is 11.5 Å². The van der Waals surface area contributed by atoms with E-state index in [2.05, 4.69) is 15.8 Å². The van der Waals surface area contributed by atoms with Crippen molar-refractivity contribution in [1.29, 1.82) is 0 Å². The van der Waals surface area contributed by atoms with E-state index in [1.54, 1.807) is 60.7 Å². The number of rotatable bonds is 8. The molecule has 0 saturated heterocycles. The summed E-state index contributed by atoms with van der Waals surface area (Å²) in [6.07, 6.45) is 1.48. The minimum Gasteiger partial charge on any atom is -0.495 e. The van der Waals surface area contributed by atoms with Crippen LogP contribution in [0.15, 0.2) is 65.8 Å². The Morgan fingerprint density at radius 3 is 2.74 bits per heavy atom. The first kappa shape index (κ1) is 22.9. The van der Waals surface area contributed by atoms with Crippen LogP contribution in [-0.2, 0) is 4.79 Å². The van der Waals surface area contributed by atoms with Crippen LogP contribution in [0.3, 0.4) is 0 Å². The van der Waals surface area contributed by atoms with Gasteiger partial charge in [-0.1, -0.05) is 23.7 Å². The van der Waals surface area contributed by atoms with Crippen LogP contribution in [0.25, 0.3) is 0 Å². The summed E-state index contributed by atoms with van der Waals surface area (Å²) < 4.78 is 21.4. The Bertz CT molecular complexity index is 1250. The number of halogens is 1. The van der Waals surface area contributed by atoms with Gasteiger partial charge in [0.15, 0.2) is 18.1 Å². The second kappa shape index (κ2) is 10.6. The molecule has 0 unspecified atom stereocenters. The summed E-state index contributed by atoms with van der Waals surface area (Å²) in [5.41, 5.74) is 3.85. The molecule has 1 aliphatic heterocycles. The van der Waals surface area contributed by atoms with E-state index in [9.17, 15) is 9.59 Å². The Labute approximate surface area is 200 Å². The van der Waals surface area contributed by atoms with Crippen LogP contribution in [0.2, 0.25) is 5.02 Å². The molecule has 2 N–H and O–H groups in total. The van der Waals surface area contributed by atoms with Crippen molar-refractivity contribution in [2.24, 2.45) is 5.10 Å². The van der Waals surface area contributed by atoms with Crippen LogP contribution >= 0.6 is 11.6 Å². The zero-order chi connectivity index (χ0) is 23.9. The highest BCUT2D eigenvalue weighted by Crippen LogP contribution is 2.32. The maximum absolute atomic E-state index is 12.6. The minimum atomic E-state index is -0.493. The number of amides is 2. The van der Waals surface area contributed by atoms with Gasteiger partial charge in [0.2, 0.25) is 6.79 Å². The molecular formula is C24H20ClN3O6. The Morgan fingerprint density at radius 2 is 1.88 bits per heavy atom. The molecule has 0 aromatic heterocycles. The summed E-state index contributed by atoms with van der Waals surface area (Å²) in [5, 5.41) is 7.15. The molecule has 1 aliphatic rings. The lowest BCUT2D eigenvalue weighted by molar-refractivity contribution is -0.118. The van der Waals surface area contributed by atoms with Gasteiger partial charge in [-0.3, -0.25) is 9.59 Å². The summed E-state index contributed by atoms with van der Waals surface area (Å²) in [4.78, 5) is 25.0. The molecule has 0 saturated carbocycles. The van der Waals surface area contributed by atoms with Gasteiger partial charge in [-0.25, -0.2) is 5.43 Å². The number of ether oxygens (including phenoxy) is 4. The molecule has 4 rings (SSSR count). The number of carbonyl (C=O) groups is 2. The second-order valence-corrected chi connectivity index (χ2v) is 7.43. The molecule has 9 nitrogen and oxygen atoms in total. The zero-order valence-corrected chi connectivity index (χ0v) is 18.8. The van der Waals surface area contributed by atoms with Crippen molar-refractivity contribution in [3.05, 3.63) is 76.8 Å². The smallest absolute Gasteiger partial charge is 0.275 e. The average molecular weight is 482 g/mol. The Hall–Kier alpha value is -4.24. The number of fused-ring (bicyclic) bond motifs is 1. The number of nitrogens with zero attached hydrogens (tertiary/aromatic N) is 1. The zero-order valence-electron chi connectivity index (χ0n) is 18.0. The summed E-state index contributed by atoms with van der Waals surface area (Å²) >= 11 is 5.94. The fraction of sp³-hybridized carbons (Fsp3) is 0.125. The van der Waals surface area contributed by atoms with Gasteiger partial charge >= 0.3 is 0 Å². The number of hydrazone groups is 1. The molecule has 10 heteroatoms. The molecule has 0 atom stereocenters. The van der Waals surface area contributed by atoms with Gasteiger partial charge in [0, 0.05) is 11.1 Å². The van der Waals surface area contributed by atoms with E-state index in [4.69, 9.17) is 30.5 Å². The van der Waals surface area contributed by atoms with Crippen molar-refractivity contribution in [2.45, 2.75) is 0 Å². The number of hydrogen-bond acceptors (Lipinski definition) is 7. The van der Waals surface area contributed by atoms with Crippen LogP contribution in [0, 0.1) is 0 Å². The molecule has 34 heavy (non-hydrogen) atoms. The lowest BCUT2D eigenvalue weighted by Gasteiger charge is -2.12. The molecular weight excluding hydrogens is 462 g/mol. The summed E-state index contributed by atoms with van der Waals surface area (Å²) in [5.74, 6) is 0.996. The van der Waals surface area contributed by atoms with Gasteiger partial charge in [0.05, 0.1) is 24.6 Å². The number of para-hydroxylation sites is 1. The van der Waals surface area contributed by atoms with Crippen molar-refractivity contribution in [1.82, 2.24) is 5.43 Å². The van der Waals surface area contributed by atoms with Crippen molar-refractivity contribution >= 4 is 35.3 Å². The monoisotopic (exact) mass is 481 g/mol. The van der Waals surface area contributed by atoms with E-state index >= 15 is 0 Å². The molecule has 0 radical (unpaired) electrons. The highest BCUT2D eigenvalue weighted by molar-refractivity contribution is 6.30. The number of hydrogen-bond donors (Lipinski definition) is 2. The number of benzene rings is 3. The Balaban J connectivity index is 1.35. The minimum absolute atomic E-state index is 0.175. The number of methoxy groups -OCH3 is 1. The van der Waals surface area contributed by atoms with Gasteiger partial charge in [-0.2, -0.15) is 5.10 Å². The molecule has 2 amide bonds. The number of anilines is 1. The van der Waals surface area contributed by atoms with Crippen LogP contribution in [-0.4, -0.2) is 38.5 Å².